The number of hydrogen-bond acceptors (Lipinski definition) is 1. The van der Waals surface area contributed by atoms with E-state index in [0.29, 0.717) is 11.8 Å². The number of hydrogen-bond donors (Lipinski definition) is 1. The van der Waals surface area contributed by atoms with Gasteiger partial charge in [-0.2, -0.15) is 0 Å². The minimum Gasteiger partial charge on any atom is -0.349 e. The summed E-state index contributed by atoms with van der Waals surface area (Å²) in [5.41, 5.74) is 2.02. The first kappa shape index (κ1) is 17.3. The van der Waals surface area contributed by atoms with E-state index in [1.54, 1.807) is 0 Å². The minimum absolute atomic E-state index is 0.578. The standard InChI is InChI=1S/C16H25ClN2S/c1-11(2)9-19(10-12(3)4)16(20)18-15-8-6-7-14(17)13(15)5/h6-8,11-12H,9-10H2,1-5H3,(H,18,20). The van der Waals surface area contributed by atoms with E-state index in [1.807, 2.05) is 25.1 Å². The molecule has 1 aromatic carbocycles. The van der Waals surface area contributed by atoms with Gasteiger partial charge in [0.2, 0.25) is 0 Å². The van der Waals surface area contributed by atoms with Crippen LogP contribution in [-0.2, 0) is 0 Å². The second-order valence-electron chi connectivity index (χ2n) is 6.04. The van der Waals surface area contributed by atoms with Crippen LogP contribution < -0.4 is 5.32 Å². The minimum atomic E-state index is 0.578. The molecule has 0 saturated carbocycles. The van der Waals surface area contributed by atoms with Crippen molar-refractivity contribution in [3.8, 4) is 0 Å². The van der Waals surface area contributed by atoms with Crippen molar-refractivity contribution in [2.75, 3.05) is 18.4 Å². The van der Waals surface area contributed by atoms with E-state index in [-0.39, 0.29) is 0 Å². The van der Waals surface area contributed by atoms with Gasteiger partial charge in [-0.15, -0.1) is 0 Å². The summed E-state index contributed by atoms with van der Waals surface area (Å²) in [6.45, 7) is 12.8. The molecule has 4 heteroatoms. The van der Waals surface area contributed by atoms with Crippen molar-refractivity contribution in [2.24, 2.45) is 11.8 Å². The number of nitrogens with zero attached hydrogens (tertiary/aromatic N) is 1. The van der Waals surface area contributed by atoms with E-state index >= 15 is 0 Å². The zero-order chi connectivity index (χ0) is 15.3. The van der Waals surface area contributed by atoms with Crippen molar-refractivity contribution >= 4 is 34.6 Å². The number of benzene rings is 1. The van der Waals surface area contributed by atoms with Crippen LogP contribution in [0.5, 0.6) is 0 Å². The first-order valence-corrected chi connectivity index (χ1v) is 7.91. The SMILES string of the molecule is Cc1c(Cl)cccc1NC(=S)N(CC(C)C)CC(C)C. The fraction of sp³-hybridized carbons (Fsp3) is 0.562. The predicted molar refractivity (Wildman–Crippen MR) is 93.7 cm³/mol. The van der Waals surface area contributed by atoms with Gasteiger partial charge >= 0.3 is 0 Å². The van der Waals surface area contributed by atoms with Crippen LogP contribution in [0.15, 0.2) is 18.2 Å². The highest BCUT2D eigenvalue weighted by molar-refractivity contribution is 7.80. The Labute approximate surface area is 133 Å². The molecule has 0 saturated heterocycles. The molecule has 2 nitrogen and oxygen atoms in total. The number of anilines is 1. The van der Waals surface area contributed by atoms with Gasteiger partial charge in [-0.3, -0.25) is 0 Å². The van der Waals surface area contributed by atoms with Crippen molar-refractivity contribution in [1.29, 1.82) is 0 Å². The number of thiocarbonyl (C=S) groups is 1. The Bertz CT molecular complexity index is 448. The smallest absolute Gasteiger partial charge is 0.173 e. The molecular weight excluding hydrogens is 288 g/mol. The Balaban J connectivity index is 2.82. The van der Waals surface area contributed by atoms with Gasteiger partial charge in [-0.05, 0) is 48.7 Å². The first-order valence-electron chi connectivity index (χ1n) is 7.12. The Morgan fingerprint density at radius 1 is 1.20 bits per heavy atom. The number of nitrogens with one attached hydrogen (secondary N) is 1. The Morgan fingerprint density at radius 2 is 1.75 bits per heavy atom. The summed E-state index contributed by atoms with van der Waals surface area (Å²) in [7, 11) is 0. The van der Waals surface area contributed by atoms with Crippen LogP contribution >= 0.6 is 23.8 Å². The number of halogens is 1. The summed E-state index contributed by atoms with van der Waals surface area (Å²) in [5.74, 6) is 1.16. The molecule has 0 heterocycles. The van der Waals surface area contributed by atoms with Gasteiger partial charge < -0.3 is 10.2 Å². The molecule has 0 unspecified atom stereocenters. The molecule has 0 aromatic heterocycles. The summed E-state index contributed by atoms with van der Waals surface area (Å²) in [4.78, 5) is 2.24. The maximum Gasteiger partial charge on any atom is 0.173 e. The van der Waals surface area contributed by atoms with Crippen molar-refractivity contribution in [1.82, 2.24) is 4.90 Å². The van der Waals surface area contributed by atoms with E-state index in [2.05, 4.69) is 37.9 Å². The van der Waals surface area contributed by atoms with Crippen molar-refractivity contribution in [3.63, 3.8) is 0 Å². The molecular formula is C16H25ClN2S. The summed E-state index contributed by atoms with van der Waals surface area (Å²) in [6, 6.07) is 5.84. The first-order chi connectivity index (χ1) is 9.31. The Kier molecular flexibility index (Phi) is 6.77. The van der Waals surface area contributed by atoms with E-state index in [0.717, 1.165) is 34.5 Å². The van der Waals surface area contributed by atoms with Crippen LogP contribution in [0.3, 0.4) is 0 Å². The molecule has 0 atom stereocenters. The highest BCUT2D eigenvalue weighted by Gasteiger charge is 2.14. The molecule has 0 aliphatic heterocycles. The molecule has 20 heavy (non-hydrogen) atoms. The molecule has 0 amide bonds. The molecule has 0 aliphatic carbocycles. The summed E-state index contributed by atoms with van der Waals surface area (Å²) < 4.78 is 0. The monoisotopic (exact) mass is 312 g/mol. The molecule has 0 spiro atoms. The highest BCUT2D eigenvalue weighted by atomic mass is 35.5. The van der Waals surface area contributed by atoms with Gasteiger partial charge in [0.05, 0.1) is 0 Å². The second kappa shape index (κ2) is 7.84. The summed E-state index contributed by atoms with van der Waals surface area (Å²) in [5, 5.41) is 4.87. The third kappa shape index (κ3) is 5.29. The fourth-order valence-corrected chi connectivity index (χ4v) is 2.49. The van der Waals surface area contributed by atoms with Gasteiger partial charge in [0.15, 0.2) is 5.11 Å². The molecule has 0 fully saturated rings. The molecule has 0 radical (unpaired) electrons. The van der Waals surface area contributed by atoms with E-state index in [4.69, 9.17) is 23.8 Å². The molecule has 1 aromatic rings. The highest BCUT2D eigenvalue weighted by Crippen LogP contribution is 2.23. The van der Waals surface area contributed by atoms with Gasteiger partial charge in [-0.25, -0.2) is 0 Å². The zero-order valence-electron chi connectivity index (χ0n) is 13.0. The van der Waals surface area contributed by atoms with Gasteiger partial charge in [-0.1, -0.05) is 45.4 Å². The molecule has 0 bridgehead atoms. The van der Waals surface area contributed by atoms with Crippen molar-refractivity contribution in [2.45, 2.75) is 34.6 Å². The lowest BCUT2D eigenvalue weighted by molar-refractivity contribution is 0.332. The van der Waals surface area contributed by atoms with Crippen LogP contribution in [-0.4, -0.2) is 23.1 Å². The molecule has 1 N–H and O–H groups in total. The van der Waals surface area contributed by atoms with Crippen LogP contribution in [0.2, 0.25) is 5.02 Å². The largest absolute Gasteiger partial charge is 0.349 e. The van der Waals surface area contributed by atoms with E-state index in [1.165, 1.54) is 0 Å². The fourth-order valence-electron chi connectivity index (χ4n) is 2.06. The van der Waals surface area contributed by atoms with Crippen molar-refractivity contribution < 1.29 is 0 Å². The molecule has 112 valence electrons. The van der Waals surface area contributed by atoms with Crippen LogP contribution in [0.4, 0.5) is 5.69 Å². The maximum atomic E-state index is 6.15. The quantitative estimate of drug-likeness (QED) is 0.774. The van der Waals surface area contributed by atoms with Crippen LogP contribution in [0, 0.1) is 18.8 Å². The van der Waals surface area contributed by atoms with Crippen LogP contribution in [0.1, 0.15) is 33.3 Å². The lowest BCUT2D eigenvalue weighted by Gasteiger charge is -2.29. The zero-order valence-corrected chi connectivity index (χ0v) is 14.6. The molecule has 0 aliphatic rings. The lowest BCUT2D eigenvalue weighted by atomic mass is 10.1. The molecule has 1 rings (SSSR count). The number of rotatable bonds is 5. The van der Waals surface area contributed by atoms with Crippen LogP contribution in [0.25, 0.3) is 0 Å². The van der Waals surface area contributed by atoms with Gasteiger partial charge in [0.25, 0.3) is 0 Å². The predicted octanol–water partition coefficient (Wildman–Crippen LogP) is 4.96. The Hall–Kier alpha value is -0.800. The van der Waals surface area contributed by atoms with E-state index < -0.39 is 0 Å². The lowest BCUT2D eigenvalue weighted by Crippen LogP contribution is -2.39. The summed E-state index contributed by atoms with van der Waals surface area (Å²) >= 11 is 11.7. The third-order valence-electron chi connectivity index (χ3n) is 2.97. The topological polar surface area (TPSA) is 15.3 Å². The third-order valence-corrected chi connectivity index (χ3v) is 3.74. The second-order valence-corrected chi connectivity index (χ2v) is 6.83. The van der Waals surface area contributed by atoms with Gasteiger partial charge in [0.1, 0.15) is 0 Å². The van der Waals surface area contributed by atoms with Crippen molar-refractivity contribution in [3.05, 3.63) is 28.8 Å². The van der Waals surface area contributed by atoms with Gasteiger partial charge in [0, 0.05) is 23.8 Å². The Morgan fingerprint density at radius 3 is 2.25 bits per heavy atom. The summed E-state index contributed by atoms with van der Waals surface area (Å²) in [6.07, 6.45) is 0. The normalized spacial score (nSPS) is 11.0. The van der Waals surface area contributed by atoms with E-state index in [9.17, 15) is 0 Å². The average Bonchev–Trinajstić information content (AvgIpc) is 2.33. The maximum absolute atomic E-state index is 6.15. The average molecular weight is 313 g/mol.